The van der Waals surface area contributed by atoms with Crippen LogP contribution in [0.2, 0.25) is 0 Å². The molecule has 0 heterocycles. The second-order valence-electron chi connectivity index (χ2n) is 5.68. The van der Waals surface area contributed by atoms with Crippen molar-refractivity contribution < 1.29 is 0 Å². The fourth-order valence-corrected chi connectivity index (χ4v) is 6.17. The van der Waals surface area contributed by atoms with Crippen molar-refractivity contribution in [1.29, 1.82) is 0 Å². The lowest BCUT2D eigenvalue weighted by molar-refractivity contribution is 0.882. The molecular weight excluding hydrogens is 291 g/mol. The minimum atomic E-state index is -0.435. The summed E-state index contributed by atoms with van der Waals surface area (Å²) in [7, 11) is -0.435. The van der Waals surface area contributed by atoms with Gasteiger partial charge >= 0.3 is 0 Å². The third-order valence-corrected chi connectivity index (χ3v) is 8.06. The molecule has 0 saturated heterocycles. The van der Waals surface area contributed by atoms with E-state index in [4.69, 9.17) is 23.2 Å². The first-order valence-electron chi connectivity index (χ1n) is 7.06. The molecule has 0 atom stereocenters. The highest BCUT2D eigenvalue weighted by Crippen LogP contribution is 2.40. The third kappa shape index (κ3) is 2.94. The first-order valence-corrected chi connectivity index (χ1v) is 9.23. The van der Waals surface area contributed by atoms with Gasteiger partial charge in [-0.25, -0.2) is 0 Å². The number of hydrogen-bond donors (Lipinski definition) is 0. The summed E-state index contributed by atoms with van der Waals surface area (Å²) in [6.07, 6.45) is 4.35. The first kappa shape index (κ1) is 15.2. The maximum absolute atomic E-state index is 6.38. The van der Waals surface area contributed by atoms with Gasteiger partial charge in [-0.2, -0.15) is 0 Å². The minimum Gasteiger partial charge on any atom is -0.0885 e. The Morgan fingerprint density at radius 3 is 2.05 bits per heavy atom. The number of halogens is 2. The van der Waals surface area contributed by atoms with E-state index < -0.39 is 9.52 Å². The second-order valence-corrected chi connectivity index (χ2v) is 8.36. The summed E-state index contributed by atoms with van der Waals surface area (Å²) < 4.78 is 0. The van der Waals surface area contributed by atoms with Gasteiger partial charge in [0.1, 0.15) is 0 Å². The Labute approximate surface area is 129 Å². The third-order valence-electron chi connectivity index (χ3n) is 4.36. The van der Waals surface area contributed by atoms with E-state index >= 15 is 0 Å². The Morgan fingerprint density at radius 1 is 0.947 bits per heavy atom. The predicted octanol–water partition coefficient (Wildman–Crippen LogP) is 5.32. The molecule has 0 bridgehead atoms. The van der Waals surface area contributed by atoms with E-state index in [1.807, 2.05) is 0 Å². The summed E-state index contributed by atoms with van der Waals surface area (Å²) in [5.41, 5.74) is 5.76. The van der Waals surface area contributed by atoms with Gasteiger partial charge in [0.15, 0.2) is 0 Å². The summed E-state index contributed by atoms with van der Waals surface area (Å²) in [6, 6.07) is 0. The van der Waals surface area contributed by atoms with Crippen LogP contribution in [0.5, 0.6) is 0 Å². The van der Waals surface area contributed by atoms with Crippen LogP contribution >= 0.6 is 23.2 Å². The topological polar surface area (TPSA) is 0 Å². The lowest BCUT2D eigenvalue weighted by atomic mass is 10.1. The van der Waals surface area contributed by atoms with Crippen molar-refractivity contribution >= 4 is 32.7 Å². The number of rotatable bonds is 4. The van der Waals surface area contributed by atoms with Crippen LogP contribution in [0.3, 0.4) is 0 Å². The van der Waals surface area contributed by atoms with Gasteiger partial charge in [0.2, 0.25) is 0 Å². The van der Waals surface area contributed by atoms with Crippen molar-refractivity contribution in [2.75, 3.05) is 0 Å². The van der Waals surface area contributed by atoms with Crippen LogP contribution in [0, 0.1) is 0 Å². The highest BCUT2D eigenvalue weighted by Gasteiger charge is 2.24. The average Bonchev–Trinajstić information content (AvgIpc) is 2.74. The van der Waals surface area contributed by atoms with Crippen molar-refractivity contribution in [2.45, 2.75) is 53.4 Å². The van der Waals surface area contributed by atoms with Crippen molar-refractivity contribution in [3.63, 3.8) is 0 Å². The standard InChI is InChI=1S/C16H22Cl2Si/c1-5-6-12-8-14(18)11(4)16(12)19-15-9(2)7-13(17)10(15)3/h5-8,19H2,1-4H3. The Morgan fingerprint density at radius 2 is 1.53 bits per heavy atom. The van der Waals surface area contributed by atoms with Gasteiger partial charge in [-0.15, -0.1) is 0 Å². The molecule has 0 nitrogen and oxygen atoms in total. The molecule has 0 aliphatic heterocycles. The summed E-state index contributed by atoms with van der Waals surface area (Å²) in [5.74, 6) is 0. The van der Waals surface area contributed by atoms with Gasteiger partial charge in [-0.1, -0.05) is 58.1 Å². The van der Waals surface area contributed by atoms with Crippen molar-refractivity contribution in [3.05, 3.63) is 42.7 Å². The summed E-state index contributed by atoms with van der Waals surface area (Å²) in [4.78, 5) is 0. The maximum atomic E-state index is 6.38. The molecule has 0 unspecified atom stereocenters. The van der Waals surface area contributed by atoms with E-state index in [-0.39, 0.29) is 0 Å². The molecular formula is C16H22Cl2Si. The molecule has 0 radical (unpaired) electrons. The molecule has 0 N–H and O–H groups in total. The molecule has 0 aromatic carbocycles. The highest BCUT2D eigenvalue weighted by atomic mass is 35.5. The number of hydrogen-bond acceptors (Lipinski definition) is 0. The smallest absolute Gasteiger partial charge is 0.0882 e. The van der Waals surface area contributed by atoms with E-state index in [2.05, 4.69) is 27.7 Å². The van der Waals surface area contributed by atoms with Gasteiger partial charge < -0.3 is 0 Å². The molecule has 19 heavy (non-hydrogen) atoms. The molecule has 0 aromatic heterocycles. The van der Waals surface area contributed by atoms with Crippen molar-refractivity contribution in [3.8, 4) is 0 Å². The van der Waals surface area contributed by atoms with E-state index in [0.717, 1.165) is 22.9 Å². The van der Waals surface area contributed by atoms with E-state index in [0.29, 0.717) is 0 Å². The molecule has 0 saturated carbocycles. The van der Waals surface area contributed by atoms with E-state index in [1.54, 1.807) is 16.0 Å². The fraction of sp³-hybridized carbons (Fsp3) is 0.500. The Hall–Kier alpha value is -0.243. The van der Waals surface area contributed by atoms with E-state index in [1.165, 1.54) is 29.6 Å². The molecule has 0 amide bonds. The molecule has 2 aliphatic rings. The van der Waals surface area contributed by atoms with E-state index in [9.17, 15) is 0 Å². The molecule has 2 aliphatic carbocycles. The summed E-state index contributed by atoms with van der Waals surface area (Å²) >= 11 is 12.7. The lowest BCUT2D eigenvalue weighted by Gasteiger charge is -2.12. The lowest BCUT2D eigenvalue weighted by Crippen LogP contribution is -2.05. The van der Waals surface area contributed by atoms with Crippen LogP contribution in [-0.2, 0) is 0 Å². The zero-order valence-electron chi connectivity index (χ0n) is 12.3. The van der Waals surface area contributed by atoms with Crippen LogP contribution in [0.1, 0.15) is 53.4 Å². The Bertz CT molecular complexity index is 533. The molecule has 0 fully saturated rings. The van der Waals surface area contributed by atoms with Crippen LogP contribution < -0.4 is 0 Å². The molecule has 2 rings (SSSR count). The minimum absolute atomic E-state index is 0.435. The SMILES string of the molecule is CCCC1=C([SiH2]C2=C(C)CC(Cl)=C2C)C(C)=C(Cl)C1. The quantitative estimate of drug-likeness (QED) is 0.616. The van der Waals surface area contributed by atoms with Crippen LogP contribution in [-0.4, -0.2) is 9.52 Å². The zero-order chi connectivity index (χ0) is 14.2. The Balaban J connectivity index is 2.31. The molecule has 104 valence electrons. The van der Waals surface area contributed by atoms with Gasteiger partial charge in [0, 0.05) is 22.9 Å². The Kier molecular flexibility index (Phi) is 4.81. The fourth-order valence-electron chi connectivity index (χ4n) is 3.07. The molecule has 3 heteroatoms. The second kappa shape index (κ2) is 6.03. The molecule has 0 aromatic rings. The monoisotopic (exact) mass is 312 g/mol. The van der Waals surface area contributed by atoms with Gasteiger partial charge in [0.05, 0.1) is 9.52 Å². The molecule has 0 spiro atoms. The largest absolute Gasteiger partial charge is 0.0885 e. The summed E-state index contributed by atoms with van der Waals surface area (Å²) in [6.45, 7) is 8.85. The van der Waals surface area contributed by atoms with Crippen LogP contribution in [0.4, 0.5) is 0 Å². The van der Waals surface area contributed by atoms with Crippen LogP contribution in [0.15, 0.2) is 42.7 Å². The van der Waals surface area contributed by atoms with Crippen molar-refractivity contribution in [1.82, 2.24) is 0 Å². The van der Waals surface area contributed by atoms with Gasteiger partial charge in [0.25, 0.3) is 0 Å². The normalized spacial score (nSPS) is 21.2. The predicted molar refractivity (Wildman–Crippen MR) is 89.5 cm³/mol. The zero-order valence-corrected chi connectivity index (χ0v) is 15.2. The van der Waals surface area contributed by atoms with Gasteiger partial charge in [-0.3, -0.25) is 0 Å². The van der Waals surface area contributed by atoms with Gasteiger partial charge in [-0.05, 0) is 38.3 Å². The van der Waals surface area contributed by atoms with Crippen LogP contribution in [0.25, 0.3) is 0 Å². The number of allylic oxidation sites excluding steroid dienone is 8. The maximum Gasteiger partial charge on any atom is 0.0882 e. The van der Waals surface area contributed by atoms with Crippen molar-refractivity contribution in [2.24, 2.45) is 0 Å². The summed E-state index contributed by atoms with van der Waals surface area (Å²) in [5, 5.41) is 5.28. The average molecular weight is 313 g/mol. The highest BCUT2D eigenvalue weighted by molar-refractivity contribution is 6.58. The first-order chi connectivity index (χ1) is 8.95.